The summed E-state index contributed by atoms with van der Waals surface area (Å²) in [5.74, 6) is 0. The zero-order valence-electron chi connectivity index (χ0n) is 11.6. The van der Waals surface area contributed by atoms with Crippen LogP contribution in [-0.4, -0.2) is 24.0 Å². The van der Waals surface area contributed by atoms with Crippen molar-refractivity contribution in [2.24, 2.45) is 0 Å². The van der Waals surface area contributed by atoms with E-state index in [-0.39, 0.29) is 6.03 Å². The lowest BCUT2D eigenvalue weighted by Gasteiger charge is -2.26. The average Bonchev–Trinajstić information content (AvgIpc) is 2.40. The lowest BCUT2D eigenvalue weighted by Crippen LogP contribution is -2.43. The van der Waals surface area contributed by atoms with E-state index in [0.717, 1.165) is 24.1 Å². The van der Waals surface area contributed by atoms with Crippen LogP contribution in [0.15, 0.2) is 24.3 Å². The van der Waals surface area contributed by atoms with Crippen molar-refractivity contribution in [3.63, 3.8) is 0 Å². The van der Waals surface area contributed by atoms with Gasteiger partial charge in [0.05, 0.1) is 0 Å². The van der Waals surface area contributed by atoms with Crippen LogP contribution in [0.4, 0.5) is 10.5 Å². The van der Waals surface area contributed by atoms with Gasteiger partial charge in [0.2, 0.25) is 0 Å². The van der Waals surface area contributed by atoms with Gasteiger partial charge in [-0.3, -0.25) is 0 Å². The summed E-state index contributed by atoms with van der Waals surface area (Å²) in [5.41, 5.74) is 7.53. The first-order chi connectivity index (χ1) is 9.15. The molecule has 0 radical (unpaired) electrons. The molecule has 1 fully saturated rings. The molecule has 2 rings (SSSR count). The maximum Gasteiger partial charge on any atom is 0.317 e. The Kier molecular flexibility index (Phi) is 4.66. The molecule has 1 aromatic rings. The minimum atomic E-state index is 0.00863. The predicted octanol–water partition coefficient (Wildman–Crippen LogP) is 2.74. The molecule has 4 nitrogen and oxygen atoms in total. The fourth-order valence-electron chi connectivity index (χ4n) is 2.57. The van der Waals surface area contributed by atoms with Gasteiger partial charge in [0, 0.05) is 25.3 Å². The van der Waals surface area contributed by atoms with Crippen LogP contribution in [0.5, 0.6) is 0 Å². The van der Waals surface area contributed by atoms with Crippen molar-refractivity contribution >= 4 is 11.7 Å². The molecule has 1 aliphatic rings. The zero-order chi connectivity index (χ0) is 13.7. The van der Waals surface area contributed by atoms with Crippen LogP contribution in [0.1, 0.15) is 37.7 Å². The molecule has 0 unspecified atom stereocenters. The molecule has 0 aliphatic heterocycles. The van der Waals surface area contributed by atoms with Gasteiger partial charge in [0.15, 0.2) is 0 Å². The number of nitrogens with one attached hydrogen (secondary N) is 1. The molecule has 104 valence electrons. The number of anilines is 1. The summed E-state index contributed by atoms with van der Waals surface area (Å²) < 4.78 is 0. The Morgan fingerprint density at radius 1 is 1.37 bits per heavy atom. The monoisotopic (exact) mass is 261 g/mol. The first-order valence-corrected chi connectivity index (χ1v) is 7.01. The van der Waals surface area contributed by atoms with Crippen molar-refractivity contribution in [3.05, 3.63) is 29.8 Å². The minimum absolute atomic E-state index is 0.00863. The normalized spacial score (nSPS) is 16.1. The highest BCUT2D eigenvalue weighted by molar-refractivity contribution is 5.74. The molecule has 0 spiro atoms. The number of benzene rings is 1. The highest BCUT2D eigenvalue weighted by atomic mass is 16.2. The average molecular weight is 261 g/mol. The number of amides is 2. The second-order valence-electron chi connectivity index (χ2n) is 5.39. The van der Waals surface area contributed by atoms with Crippen LogP contribution in [0, 0.1) is 0 Å². The second-order valence-corrected chi connectivity index (χ2v) is 5.39. The topological polar surface area (TPSA) is 58.4 Å². The van der Waals surface area contributed by atoms with Crippen LogP contribution in [0.25, 0.3) is 0 Å². The number of hydrogen-bond donors (Lipinski definition) is 2. The van der Waals surface area contributed by atoms with Crippen molar-refractivity contribution in [1.82, 2.24) is 10.2 Å². The minimum Gasteiger partial charge on any atom is -0.399 e. The molecule has 4 heteroatoms. The first kappa shape index (κ1) is 13.7. The highest BCUT2D eigenvalue weighted by Crippen LogP contribution is 2.17. The molecule has 3 N–H and O–H groups in total. The second kappa shape index (κ2) is 6.45. The Morgan fingerprint density at radius 2 is 2.11 bits per heavy atom. The first-order valence-electron chi connectivity index (χ1n) is 7.01. The Labute approximate surface area is 115 Å². The lowest BCUT2D eigenvalue weighted by atomic mass is 9.96. The van der Waals surface area contributed by atoms with Gasteiger partial charge in [0.25, 0.3) is 0 Å². The number of carbonyl (C=O) groups excluding carboxylic acids is 1. The SMILES string of the molecule is CN(Cc1cccc(N)c1)C(=O)NC1CCCCC1. The standard InChI is InChI=1S/C15H23N3O/c1-18(11-12-6-5-7-13(16)10-12)15(19)17-14-8-3-2-4-9-14/h5-7,10,14H,2-4,8-9,11,16H2,1H3,(H,17,19). The molecule has 1 saturated carbocycles. The number of nitrogens with zero attached hydrogens (tertiary/aromatic N) is 1. The third-order valence-electron chi connectivity index (χ3n) is 3.65. The maximum absolute atomic E-state index is 12.1. The predicted molar refractivity (Wildman–Crippen MR) is 77.7 cm³/mol. The van der Waals surface area contributed by atoms with Gasteiger partial charge in [-0.1, -0.05) is 31.4 Å². The molecule has 19 heavy (non-hydrogen) atoms. The lowest BCUT2D eigenvalue weighted by molar-refractivity contribution is 0.198. The van der Waals surface area contributed by atoms with Gasteiger partial charge in [-0.05, 0) is 30.5 Å². The third kappa shape index (κ3) is 4.16. The van der Waals surface area contributed by atoms with Crippen molar-refractivity contribution in [3.8, 4) is 0 Å². The van der Waals surface area contributed by atoms with Crippen LogP contribution >= 0.6 is 0 Å². The summed E-state index contributed by atoms with van der Waals surface area (Å²) in [6.45, 7) is 0.587. The van der Waals surface area contributed by atoms with Gasteiger partial charge in [-0.25, -0.2) is 4.79 Å². The Bertz CT molecular complexity index is 427. The number of nitrogens with two attached hydrogens (primary N) is 1. The summed E-state index contributed by atoms with van der Waals surface area (Å²) in [4.78, 5) is 13.8. The number of urea groups is 1. The van der Waals surface area contributed by atoms with Gasteiger partial charge in [0.1, 0.15) is 0 Å². The largest absolute Gasteiger partial charge is 0.399 e. The zero-order valence-corrected chi connectivity index (χ0v) is 11.6. The number of nitrogen functional groups attached to an aromatic ring is 1. The van der Waals surface area contributed by atoms with Crippen LogP contribution in [0.2, 0.25) is 0 Å². The van der Waals surface area contributed by atoms with Crippen molar-refractivity contribution in [1.29, 1.82) is 0 Å². The molecule has 0 bridgehead atoms. The molecule has 1 aliphatic carbocycles. The van der Waals surface area contributed by atoms with Crippen molar-refractivity contribution in [2.45, 2.75) is 44.7 Å². The quantitative estimate of drug-likeness (QED) is 0.822. The van der Waals surface area contributed by atoms with Crippen LogP contribution < -0.4 is 11.1 Å². The number of carbonyl (C=O) groups is 1. The summed E-state index contributed by atoms with van der Waals surface area (Å²) in [6, 6.07) is 8.02. The summed E-state index contributed by atoms with van der Waals surface area (Å²) in [6.07, 6.45) is 5.97. The summed E-state index contributed by atoms with van der Waals surface area (Å²) in [5, 5.41) is 3.11. The summed E-state index contributed by atoms with van der Waals surface area (Å²) in [7, 11) is 1.82. The van der Waals surface area contributed by atoms with Crippen molar-refractivity contribution in [2.75, 3.05) is 12.8 Å². The fourth-order valence-corrected chi connectivity index (χ4v) is 2.57. The van der Waals surface area contributed by atoms with Gasteiger partial charge < -0.3 is 16.0 Å². The molecule has 0 atom stereocenters. The smallest absolute Gasteiger partial charge is 0.317 e. The van der Waals surface area contributed by atoms with E-state index in [9.17, 15) is 4.79 Å². The van der Waals surface area contributed by atoms with E-state index in [2.05, 4.69) is 5.32 Å². The molecule has 0 saturated heterocycles. The summed E-state index contributed by atoms with van der Waals surface area (Å²) >= 11 is 0. The molecule has 1 aromatic carbocycles. The molecule has 0 heterocycles. The molecule has 0 aromatic heterocycles. The Balaban J connectivity index is 1.84. The van der Waals surface area contributed by atoms with E-state index in [4.69, 9.17) is 5.73 Å². The van der Waals surface area contributed by atoms with Crippen LogP contribution in [-0.2, 0) is 6.54 Å². The Morgan fingerprint density at radius 3 is 2.79 bits per heavy atom. The van der Waals surface area contributed by atoms with Gasteiger partial charge in [-0.2, -0.15) is 0 Å². The molecule has 2 amide bonds. The number of hydrogen-bond acceptors (Lipinski definition) is 2. The van der Waals surface area contributed by atoms with Gasteiger partial charge in [-0.15, -0.1) is 0 Å². The van der Waals surface area contributed by atoms with Gasteiger partial charge >= 0.3 is 6.03 Å². The van der Waals surface area contributed by atoms with E-state index in [0.29, 0.717) is 12.6 Å². The van der Waals surface area contributed by atoms with Crippen LogP contribution in [0.3, 0.4) is 0 Å². The van der Waals surface area contributed by atoms with E-state index in [1.807, 2.05) is 31.3 Å². The third-order valence-corrected chi connectivity index (χ3v) is 3.65. The Hall–Kier alpha value is -1.71. The van der Waals surface area contributed by atoms with E-state index >= 15 is 0 Å². The highest BCUT2D eigenvalue weighted by Gasteiger charge is 2.17. The van der Waals surface area contributed by atoms with Crippen molar-refractivity contribution < 1.29 is 4.79 Å². The number of rotatable bonds is 3. The van der Waals surface area contributed by atoms with E-state index < -0.39 is 0 Å². The fraction of sp³-hybridized carbons (Fsp3) is 0.533. The maximum atomic E-state index is 12.1. The molecular weight excluding hydrogens is 238 g/mol. The van der Waals surface area contributed by atoms with E-state index in [1.54, 1.807) is 4.90 Å². The molecular formula is C15H23N3O. The van der Waals surface area contributed by atoms with E-state index in [1.165, 1.54) is 19.3 Å².